The van der Waals surface area contributed by atoms with Gasteiger partial charge in [0, 0.05) is 18.2 Å². The summed E-state index contributed by atoms with van der Waals surface area (Å²) in [6.45, 7) is 2.29. The second-order valence-corrected chi connectivity index (χ2v) is 5.15. The normalized spacial score (nSPS) is 21.2. The molecule has 1 aromatic rings. The predicted octanol–water partition coefficient (Wildman–Crippen LogP) is 1.64. The number of carbonyl (C=O) groups excluding carboxylic acids is 1. The van der Waals surface area contributed by atoms with Crippen LogP contribution in [0, 0.1) is 5.92 Å². The molecular formula is C15H19NO5. The van der Waals surface area contributed by atoms with Gasteiger partial charge in [-0.2, -0.15) is 0 Å². The Kier molecular flexibility index (Phi) is 4.35. The van der Waals surface area contributed by atoms with Crippen molar-refractivity contribution in [1.82, 2.24) is 4.90 Å². The van der Waals surface area contributed by atoms with Gasteiger partial charge in [-0.25, -0.2) is 4.79 Å². The van der Waals surface area contributed by atoms with Crippen molar-refractivity contribution < 1.29 is 24.2 Å². The molecule has 1 aliphatic heterocycles. The molecule has 0 bridgehead atoms. The number of carboxylic acid groups (broad SMARTS) is 1. The van der Waals surface area contributed by atoms with Gasteiger partial charge >= 0.3 is 5.97 Å². The van der Waals surface area contributed by atoms with E-state index in [-0.39, 0.29) is 11.8 Å². The molecule has 0 radical (unpaired) electrons. The van der Waals surface area contributed by atoms with Crippen LogP contribution in [0.25, 0.3) is 0 Å². The molecule has 0 aromatic heterocycles. The molecule has 21 heavy (non-hydrogen) atoms. The largest absolute Gasteiger partial charge is 0.497 e. The van der Waals surface area contributed by atoms with Crippen LogP contribution in [0.15, 0.2) is 18.2 Å². The Morgan fingerprint density at radius 3 is 2.24 bits per heavy atom. The molecule has 0 spiro atoms. The summed E-state index contributed by atoms with van der Waals surface area (Å²) < 4.78 is 10.3. The third-order valence-corrected chi connectivity index (χ3v) is 3.81. The molecule has 1 N–H and O–H groups in total. The van der Waals surface area contributed by atoms with E-state index in [0.717, 1.165) is 0 Å². The van der Waals surface area contributed by atoms with Gasteiger partial charge in [0.25, 0.3) is 5.91 Å². The quantitative estimate of drug-likeness (QED) is 0.913. The maximum Gasteiger partial charge on any atom is 0.326 e. The summed E-state index contributed by atoms with van der Waals surface area (Å²) in [7, 11) is 3.00. The lowest BCUT2D eigenvalue weighted by Gasteiger charge is -2.23. The molecule has 1 amide bonds. The van der Waals surface area contributed by atoms with Crippen LogP contribution >= 0.6 is 0 Å². The Bertz CT molecular complexity index is 535. The summed E-state index contributed by atoms with van der Waals surface area (Å²) in [5.41, 5.74) is 0.367. The average Bonchev–Trinajstić information content (AvgIpc) is 2.87. The van der Waals surface area contributed by atoms with Gasteiger partial charge in [-0.1, -0.05) is 6.92 Å². The molecule has 2 atom stereocenters. The Hall–Kier alpha value is -2.24. The molecule has 6 nitrogen and oxygen atoms in total. The number of hydrogen-bond acceptors (Lipinski definition) is 4. The van der Waals surface area contributed by atoms with E-state index < -0.39 is 12.0 Å². The molecule has 114 valence electrons. The van der Waals surface area contributed by atoms with E-state index in [1.165, 1.54) is 19.1 Å². The van der Waals surface area contributed by atoms with E-state index >= 15 is 0 Å². The minimum atomic E-state index is -0.969. The van der Waals surface area contributed by atoms with Gasteiger partial charge in [-0.05, 0) is 24.5 Å². The molecule has 1 fully saturated rings. The van der Waals surface area contributed by atoms with E-state index in [1.54, 1.807) is 18.2 Å². The fourth-order valence-corrected chi connectivity index (χ4v) is 2.65. The van der Waals surface area contributed by atoms with Gasteiger partial charge in [0.1, 0.15) is 17.5 Å². The lowest BCUT2D eigenvalue weighted by Crippen LogP contribution is -2.42. The molecule has 1 heterocycles. The Balaban J connectivity index is 2.33. The molecule has 0 saturated carbocycles. The zero-order chi connectivity index (χ0) is 15.6. The van der Waals surface area contributed by atoms with Gasteiger partial charge < -0.3 is 19.5 Å². The standard InChI is InChI=1S/C15H19NO5/c1-9-4-5-16(13(9)15(18)19)14(17)10-6-11(20-2)8-12(7-10)21-3/h6-9,13H,4-5H2,1-3H3,(H,18,19). The number of rotatable bonds is 4. The van der Waals surface area contributed by atoms with Crippen LogP contribution < -0.4 is 9.47 Å². The lowest BCUT2D eigenvalue weighted by atomic mass is 10.0. The van der Waals surface area contributed by atoms with Gasteiger partial charge in [0.15, 0.2) is 0 Å². The first-order valence-corrected chi connectivity index (χ1v) is 6.74. The number of ether oxygens (including phenoxy) is 2. The first-order valence-electron chi connectivity index (χ1n) is 6.74. The number of amides is 1. The SMILES string of the molecule is COc1cc(OC)cc(C(=O)N2CCC(C)C2C(=O)O)c1. The Morgan fingerprint density at radius 1 is 1.19 bits per heavy atom. The summed E-state index contributed by atoms with van der Waals surface area (Å²) in [5, 5.41) is 9.31. The minimum absolute atomic E-state index is 0.0565. The molecule has 1 saturated heterocycles. The van der Waals surface area contributed by atoms with Crippen LogP contribution in [0.1, 0.15) is 23.7 Å². The number of benzene rings is 1. The van der Waals surface area contributed by atoms with Crippen molar-refractivity contribution in [3.8, 4) is 11.5 Å². The smallest absolute Gasteiger partial charge is 0.326 e. The van der Waals surface area contributed by atoms with Crippen molar-refractivity contribution in [2.75, 3.05) is 20.8 Å². The average molecular weight is 293 g/mol. The molecule has 0 aliphatic carbocycles. The van der Waals surface area contributed by atoms with Crippen LogP contribution in [0.5, 0.6) is 11.5 Å². The third-order valence-electron chi connectivity index (χ3n) is 3.81. The third kappa shape index (κ3) is 2.94. The number of nitrogens with zero attached hydrogens (tertiary/aromatic N) is 1. The number of carboxylic acids is 1. The Labute approximate surface area is 123 Å². The van der Waals surface area contributed by atoms with E-state index in [4.69, 9.17) is 9.47 Å². The number of likely N-dealkylation sites (tertiary alicyclic amines) is 1. The van der Waals surface area contributed by atoms with Crippen molar-refractivity contribution in [2.24, 2.45) is 5.92 Å². The number of hydrogen-bond donors (Lipinski definition) is 1. The van der Waals surface area contributed by atoms with Crippen molar-refractivity contribution in [1.29, 1.82) is 0 Å². The fourth-order valence-electron chi connectivity index (χ4n) is 2.65. The van der Waals surface area contributed by atoms with E-state index in [2.05, 4.69) is 0 Å². The van der Waals surface area contributed by atoms with Gasteiger partial charge in [-0.15, -0.1) is 0 Å². The van der Waals surface area contributed by atoms with E-state index in [0.29, 0.717) is 30.0 Å². The molecule has 2 rings (SSSR count). The van der Waals surface area contributed by atoms with Crippen LogP contribution in [0.3, 0.4) is 0 Å². The summed E-state index contributed by atoms with van der Waals surface area (Å²) in [5.74, 6) is -0.347. The first-order chi connectivity index (χ1) is 9.97. The second kappa shape index (κ2) is 6.03. The maximum atomic E-state index is 12.6. The number of carbonyl (C=O) groups is 2. The lowest BCUT2D eigenvalue weighted by molar-refractivity contribution is -0.142. The highest BCUT2D eigenvalue weighted by molar-refractivity contribution is 5.97. The topological polar surface area (TPSA) is 76.1 Å². The number of methoxy groups -OCH3 is 2. The van der Waals surface area contributed by atoms with Crippen molar-refractivity contribution >= 4 is 11.9 Å². The molecule has 1 aliphatic rings. The second-order valence-electron chi connectivity index (χ2n) is 5.15. The predicted molar refractivity (Wildman–Crippen MR) is 75.8 cm³/mol. The highest BCUT2D eigenvalue weighted by atomic mass is 16.5. The van der Waals surface area contributed by atoms with Crippen molar-refractivity contribution in [2.45, 2.75) is 19.4 Å². The van der Waals surface area contributed by atoms with Crippen LogP contribution in [0.4, 0.5) is 0 Å². The molecule has 6 heteroatoms. The zero-order valence-corrected chi connectivity index (χ0v) is 12.3. The van der Waals surface area contributed by atoms with Gasteiger partial charge in [0.2, 0.25) is 0 Å². The van der Waals surface area contributed by atoms with Crippen LogP contribution in [0.2, 0.25) is 0 Å². The van der Waals surface area contributed by atoms with Crippen LogP contribution in [-0.4, -0.2) is 48.7 Å². The highest BCUT2D eigenvalue weighted by Crippen LogP contribution is 2.29. The summed E-state index contributed by atoms with van der Waals surface area (Å²) in [6, 6.07) is 4.06. The summed E-state index contributed by atoms with van der Waals surface area (Å²) in [4.78, 5) is 25.4. The van der Waals surface area contributed by atoms with Gasteiger partial charge in [-0.3, -0.25) is 4.79 Å². The Morgan fingerprint density at radius 2 is 1.76 bits per heavy atom. The van der Waals surface area contributed by atoms with E-state index in [1.807, 2.05) is 6.92 Å². The van der Waals surface area contributed by atoms with Crippen LogP contribution in [-0.2, 0) is 4.79 Å². The number of aliphatic carboxylic acids is 1. The van der Waals surface area contributed by atoms with E-state index in [9.17, 15) is 14.7 Å². The fraction of sp³-hybridized carbons (Fsp3) is 0.467. The maximum absolute atomic E-state index is 12.6. The molecule has 2 unspecified atom stereocenters. The van der Waals surface area contributed by atoms with Crippen molar-refractivity contribution in [3.05, 3.63) is 23.8 Å². The molecule has 1 aromatic carbocycles. The zero-order valence-electron chi connectivity index (χ0n) is 12.3. The monoisotopic (exact) mass is 293 g/mol. The molecular weight excluding hydrogens is 274 g/mol. The summed E-state index contributed by atoms with van der Waals surface area (Å²) >= 11 is 0. The minimum Gasteiger partial charge on any atom is -0.497 e. The van der Waals surface area contributed by atoms with Crippen molar-refractivity contribution in [3.63, 3.8) is 0 Å². The summed E-state index contributed by atoms with van der Waals surface area (Å²) in [6.07, 6.45) is 0.684. The highest BCUT2D eigenvalue weighted by Gasteiger charge is 2.39. The first kappa shape index (κ1) is 15.2. The van der Waals surface area contributed by atoms with Gasteiger partial charge in [0.05, 0.1) is 14.2 Å².